The number of piperidine rings is 1. The van der Waals surface area contributed by atoms with Gasteiger partial charge in [0.05, 0.1) is 6.10 Å². The van der Waals surface area contributed by atoms with E-state index in [2.05, 4.69) is 32.3 Å². The number of benzene rings is 1. The first-order chi connectivity index (χ1) is 9.81. The molecule has 1 aromatic carbocycles. The fraction of sp³-hybridized carbons (Fsp3) is 0.333. The first-order valence-electron chi connectivity index (χ1n) is 6.88. The van der Waals surface area contributed by atoms with Crippen molar-refractivity contribution in [3.63, 3.8) is 0 Å². The SMILES string of the molecule is OC1CCN(c2cccc(Nc3ncccn3)c2)CC1. The maximum absolute atomic E-state index is 9.57. The van der Waals surface area contributed by atoms with Crippen LogP contribution in [0.4, 0.5) is 17.3 Å². The molecule has 5 nitrogen and oxygen atoms in total. The van der Waals surface area contributed by atoms with Gasteiger partial charge in [0.25, 0.3) is 0 Å². The highest BCUT2D eigenvalue weighted by Gasteiger charge is 2.17. The van der Waals surface area contributed by atoms with Gasteiger partial charge in [-0.25, -0.2) is 9.97 Å². The number of aliphatic hydroxyl groups excluding tert-OH is 1. The maximum atomic E-state index is 9.57. The Morgan fingerprint density at radius 1 is 1.10 bits per heavy atom. The number of anilines is 3. The van der Waals surface area contributed by atoms with Crippen LogP contribution in [0.1, 0.15) is 12.8 Å². The largest absolute Gasteiger partial charge is 0.393 e. The van der Waals surface area contributed by atoms with Crippen molar-refractivity contribution in [1.82, 2.24) is 9.97 Å². The third kappa shape index (κ3) is 3.05. The highest BCUT2D eigenvalue weighted by molar-refractivity contribution is 5.62. The molecule has 2 N–H and O–H groups in total. The van der Waals surface area contributed by atoms with Crippen LogP contribution < -0.4 is 10.2 Å². The maximum Gasteiger partial charge on any atom is 0.227 e. The molecule has 3 rings (SSSR count). The van der Waals surface area contributed by atoms with E-state index in [1.165, 1.54) is 0 Å². The van der Waals surface area contributed by atoms with E-state index in [0.717, 1.165) is 37.3 Å². The first kappa shape index (κ1) is 12.9. The minimum absolute atomic E-state index is 0.148. The molecule has 104 valence electrons. The number of hydrogen-bond acceptors (Lipinski definition) is 5. The molecular formula is C15H18N4O. The van der Waals surface area contributed by atoms with Crippen LogP contribution in [0.15, 0.2) is 42.7 Å². The summed E-state index contributed by atoms with van der Waals surface area (Å²) in [7, 11) is 0. The molecular weight excluding hydrogens is 252 g/mol. The molecule has 0 aliphatic carbocycles. The minimum Gasteiger partial charge on any atom is -0.393 e. The zero-order chi connectivity index (χ0) is 13.8. The fourth-order valence-corrected chi connectivity index (χ4v) is 2.40. The highest BCUT2D eigenvalue weighted by atomic mass is 16.3. The van der Waals surface area contributed by atoms with Crippen molar-refractivity contribution >= 4 is 17.3 Å². The monoisotopic (exact) mass is 270 g/mol. The second-order valence-corrected chi connectivity index (χ2v) is 4.97. The van der Waals surface area contributed by atoms with Crippen molar-refractivity contribution < 1.29 is 5.11 Å². The molecule has 0 spiro atoms. The molecule has 1 saturated heterocycles. The fourth-order valence-electron chi connectivity index (χ4n) is 2.40. The van der Waals surface area contributed by atoms with Crippen LogP contribution in [0.3, 0.4) is 0 Å². The third-order valence-electron chi connectivity index (χ3n) is 3.50. The summed E-state index contributed by atoms with van der Waals surface area (Å²) < 4.78 is 0. The van der Waals surface area contributed by atoms with Crippen LogP contribution in [-0.4, -0.2) is 34.3 Å². The van der Waals surface area contributed by atoms with Gasteiger partial charge in [0.2, 0.25) is 5.95 Å². The Morgan fingerprint density at radius 3 is 2.60 bits per heavy atom. The van der Waals surface area contributed by atoms with Gasteiger partial charge >= 0.3 is 0 Å². The molecule has 5 heteroatoms. The number of hydrogen-bond donors (Lipinski definition) is 2. The van der Waals surface area contributed by atoms with Crippen molar-refractivity contribution in [1.29, 1.82) is 0 Å². The molecule has 20 heavy (non-hydrogen) atoms. The summed E-state index contributed by atoms with van der Waals surface area (Å²) in [6.45, 7) is 1.79. The number of nitrogens with one attached hydrogen (secondary N) is 1. The van der Waals surface area contributed by atoms with E-state index in [4.69, 9.17) is 0 Å². The smallest absolute Gasteiger partial charge is 0.227 e. The Kier molecular flexibility index (Phi) is 3.78. The molecule has 0 atom stereocenters. The van der Waals surface area contributed by atoms with Crippen molar-refractivity contribution in [2.75, 3.05) is 23.3 Å². The number of aliphatic hydroxyl groups is 1. The molecule has 0 radical (unpaired) electrons. The van der Waals surface area contributed by atoms with Crippen molar-refractivity contribution in [2.24, 2.45) is 0 Å². The molecule has 0 bridgehead atoms. The van der Waals surface area contributed by atoms with Gasteiger partial charge in [0.15, 0.2) is 0 Å². The summed E-state index contributed by atoms with van der Waals surface area (Å²) in [5.41, 5.74) is 2.14. The van der Waals surface area contributed by atoms with Gasteiger partial charge in [-0.3, -0.25) is 0 Å². The van der Waals surface area contributed by atoms with E-state index >= 15 is 0 Å². The van der Waals surface area contributed by atoms with Gasteiger partial charge in [0.1, 0.15) is 0 Å². The van der Waals surface area contributed by atoms with Gasteiger partial charge in [-0.1, -0.05) is 6.07 Å². The van der Waals surface area contributed by atoms with E-state index in [1.54, 1.807) is 18.5 Å². The third-order valence-corrected chi connectivity index (χ3v) is 3.50. The topological polar surface area (TPSA) is 61.3 Å². The van der Waals surface area contributed by atoms with E-state index < -0.39 is 0 Å². The summed E-state index contributed by atoms with van der Waals surface area (Å²) in [6, 6.07) is 9.99. The van der Waals surface area contributed by atoms with Crippen LogP contribution in [-0.2, 0) is 0 Å². The van der Waals surface area contributed by atoms with Gasteiger partial charge < -0.3 is 15.3 Å². The first-order valence-corrected chi connectivity index (χ1v) is 6.88. The Balaban J connectivity index is 1.73. The standard InChI is InChI=1S/C15H18N4O/c20-14-5-9-19(10-6-14)13-4-1-3-12(11-13)18-15-16-7-2-8-17-15/h1-4,7-8,11,14,20H,5-6,9-10H2,(H,16,17,18). The van der Waals surface area contributed by atoms with E-state index in [1.807, 2.05) is 12.1 Å². The summed E-state index contributed by atoms with van der Waals surface area (Å²) >= 11 is 0. The van der Waals surface area contributed by atoms with Gasteiger partial charge in [-0.05, 0) is 37.1 Å². The molecule has 0 amide bonds. The Labute approximate surface area is 118 Å². The van der Waals surface area contributed by atoms with Gasteiger partial charge in [-0.2, -0.15) is 0 Å². The number of nitrogens with zero attached hydrogens (tertiary/aromatic N) is 3. The van der Waals surface area contributed by atoms with Gasteiger partial charge in [-0.15, -0.1) is 0 Å². The Morgan fingerprint density at radius 2 is 1.85 bits per heavy atom. The molecule has 0 unspecified atom stereocenters. The molecule has 1 aliphatic rings. The summed E-state index contributed by atoms with van der Waals surface area (Å²) in [6.07, 6.45) is 4.94. The second kappa shape index (κ2) is 5.88. The Hall–Kier alpha value is -2.14. The van der Waals surface area contributed by atoms with E-state index in [9.17, 15) is 5.11 Å². The average Bonchev–Trinajstić information content (AvgIpc) is 2.49. The predicted molar refractivity (Wildman–Crippen MR) is 79.2 cm³/mol. The van der Waals surface area contributed by atoms with E-state index in [-0.39, 0.29) is 6.10 Å². The number of rotatable bonds is 3. The lowest BCUT2D eigenvalue weighted by Crippen LogP contribution is -2.35. The molecule has 1 aliphatic heterocycles. The zero-order valence-corrected chi connectivity index (χ0v) is 11.2. The molecule has 2 heterocycles. The minimum atomic E-state index is -0.148. The highest BCUT2D eigenvalue weighted by Crippen LogP contribution is 2.24. The predicted octanol–water partition coefficient (Wildman–Crippen LogP) is 2.18. The normalized spacial score (nSPS) is 16.1. The quantitative estimate of drug-likeness (QED) is 0.895. The zero-order valence-electron chi connectivity index (χ0n) is 11.2. The van der Waals surface area contributed by atoms with Crippen LogP contribution in [0.25, 0.3) is 0 Å². The lowest BCUT2D eigenvalue weighted by Gasteiger charge is -2.31. The lowest BCUT2D eigenvalue weighted by atomic mass is 10.1. The van der Waals surface area contributed by atoms with Crippen molar-refractivity contribution in [3.8, 4) is 0 Å². The summed E-state index contributed by atoms with van der Waals surface area (Å²) in [5.74, 6) is 0.596. The van der Waals surface area contributed by atoms with Gasteiger partial charge in [0, 0.05) is 36.9 Å². The van der Waals surface area contributed by atoms with Crippen LogP contribution in [0.5, 0.6) is 0 Å². The second-order valence-electron chi connectivity index (χ2n) is 4.97. The van der Waals surface area contributed by atoms with Crippen LogP contribution in [0, 0.1) is 0 Å². The Bertz CT molecular complexity index is 553. The molecule has 2 aromatic rings. The molecule has 1 fully saturated rings. The van der Waals surface area contributed by atoms with E-state index in [0.29, 0.717) is 5.95 Å². The lowest BCUT2D eigenvalue weighted by molar-refractivity contribution is 0.145. The average molecular weight is 270 g/mol. The number of aromatic nitrogens is 2. The molecule has 1 aromatic heterocycles. The summed E-state index contributed by atoms with van der Waals surface area (Å²) in [4.78, 5) is 10.6. The van der Waals surface area contributed by atoms with Crippen molar-refractivity contribution in [3.05, 3.63) is 42.7 Å². The van der Waals surface area contributed by atoms with Crippen LogP contribution in [0.2, 0.25) is 0 Å². The van der Waals surface area contributed by atoms with Crippen molar-refractivity contribution in [2.45, 2.75) is 18.9 Å². The van der Waals surface area contributed by atoms with Crippen LogP contribution >= 0.6 is 0 Å². The summed E-state index contributed by atoms with van der Waals surface area (Å²) in [5, 5.41) is 12.8. The molecule has 0 saturated carbocycles.